The van der Waals surface area contributed by atoms with E-state index in [0.29, 0.717) is 16.8 Å². The number of nitrogens with one attached hydrogen (secondary N) is 1. The molecular weight excluding hydrogens is 286 g/mol. The van der Waals surface area contributed by atoms with Crippen LogP contribution in [0, 0.1) is 6.92 Å². The van der Waals surface area contributed by atoms with Crippen LogP contribution in [0.15, 0.2) is 30.6 Å². The van der Waals surface area contributed by atoms with Crippen molar-refractivity contribution in [3.05, 3.63) is 46.7 Å². The fraction of sp³-hybridized carbons (Fsp3) is 0.375. The highest BCUT2D eigenvalue weighted by molar-refractivity contribution is 6.32. The van der Waals surface area contributed by atoms with Crippen LogP contribution in [0.5, 0.6) is 11.8 Å². The van der Waals surface area contributed by atoms with Crippen molar-refractivity contribution < 1.29 is 4.74 Å². The first-order valence-corrected chi connectivity index (χ1v) is 7.21. The predicted octanol–water partition coefficient (Wildman–Crippen LogP) is 4.12. The smallest absolute Gasteiger partial charge is 0.321 e. The Balaban J connectivity index is 2.04. The largest absolute Gasteiger partial charge is 0.423 e. The monoisotopic (exact) mass is 305 g/mol. The van der Waals surface area contributed by atoms with E-state index in [-0.39, 0.29) is 5.54 Å². The predicted molar refractivity (Wildman–Crippen MR) is 84.9 cm³/mol. The molecule has 0 bridgehead atoms. The molecule has 0 saturated heterocycles. The van der Waals surface area contributed by atoms with Crippen molar-refractivity contribution in [1.29, 1.82) is 0 Å². The van der Waals surface area contributed by atoms with Crippen molar-refractivity contribution in [3.8, 4) is 11.8 Å². The molecule has 0 aliphatic carbocycles. The van der Waals surface area contributed by atoms with Crippen LogP contribution >= 0.6 is 11.6 Å². The third-order valence-electron chi connectivity index (χ3n) is 2.79. The topological polar surface area (TPSA) is 47.0 Å². The Morgan fingerprint density at radius 1 is 1.19 bits per heavy atom. The van der Waals surface area contributed by atoms with Crippen molar-refractivity contribution >= 4 is 11.6 Å². The highest BCUT2D eigenvalue weighted by Gasteiger charge is 2.09. The molecular formula is C16H20ClN3O. The molecule has 0 aliphatic heterocycles. The molecule has 0 amide bonds. The fourth-order valence-corrected chi connectivity index (χ4v) is 1.80. The molecule has 2 aromatic rings. The first-order valence-electron chi connectivity index (χ1n) is 6.83. The Morgan fingerprint density at radius 2 is 1.86 bits per heavy atom. The molecule has 1 N–H and O–H groups in total. The van der Waals surface area contributed by atoms with Gasteiger partial charge in [-0.2, -0.15) is 0 Å². The van der Waals surface area contributed by atoms with Gasteiger partial charge in [-0.25, -0.2) is 9.97 Å². The molecule has 0 radical (unpaired) electrons. The molecule has 0 aliphatic rings. The number of aryl methyl sites for hydroxylation is 1. The average Bonchev–Trinajstić information content (AvgIpc) is 2.41. The summed E-state index contributed by atoms with van der Waals surface area (Å²) in [6.45, 7) is 9.04. The second-order valence-electron chi connectivity index (χ2n) is 6.01. The molecule has 112 valence electrons. The molecule has 1 aromatic heterocycles. The highest BCUT2D eigenvalue weighted by atomic mass is 35.5. The molecule has 1 heterocycles. The van der Waals surface area contributed by atoms with Gasteiger partial charge in [0.2, 0.25) is 0 Å². The van der Waals surface area contributed by atoms with E-state index in [9.17, 15) is 0 Å². The van der Waals surface area contributed by atoms with Gasteiger partial charge >= 0.3 is 6.01 Å². The Labute approximate surface area is 130 Å². The van der Waals surface area contributed by atoms with Gasteiger partial charge in [-0.05, 0) is 45.4 Å². The van der Waals surface area contributed by atoms with Crippen molar-refractivity contribution in [2.75, 3.05) is 0 Å². The Morgan fingerprint density at radius 3 is 2.48 bits per heavy atom. The lowest BCUT2D eigenvalue weighted by molar-refractivity contribution is 0.420. The Bertz CT molecular complexity index is 606. The molecule has 0 fully saturated rings. The van der Waals surface area contributed by atoms with E-state index in [2.05, 4.69) is 36.1 Å². The van der Waals surface area contributed by atoms with Crippen LogP contribution in [0.1, 0.15) is 31.9 Å². The van der Waals surface area contributed by atoms with Gasteiger partial charge in [-0.3, -0.25) is 0 Å². The summed E-state index contributed by atoms with van der Waals surface area (Å²) < 4.78 is 5.62. The van der Waals surface area contributed by atoms with E-state index in [1.54, 1.807) is 18.5 Å². The van der Waals surface area contributed by atoms with Crippen molar-refractivity contribution in [1.82, 2.24) is 15.3 Å². The first-order chi connectivity index (χ1) is 9.83. The van der Waals surface area contributed by atoms with Gasteiger partial charge in [-0.1, -0.05) is 17.7 Å². The van der Waals surface area contributed by atoms with E-state index < -0.39 is 0 Å². The van der Waals surface area contributed by atoms with Crippen LogP contribution in [0.2, 0.25) is 5.02 Å². The lowest BCUT2D eigenvalue weighted by Gasteiger charge is -2.20. The van der Waals surface area contributed by atoms with Crippen molar-refractivity contribution in [3.63, 3.8) is 0 Å². The summed E-state index contributed by atoms with van der Waals surface area (Å²) in [5.74, 6) is 0.567. The van der Waals surface area contributed by atoms with Gasteiger partial charge < -0.3 is 10.1 Å². The maximum atomic E-state index is 6.09. The molecule has 0 spiro atoms. The average molecular weight is 306 g/mol. The molecule has 0 unspecified atom stereocenters. The summed E-state index contributed by atoms with van der Waals surface area (Å²) in [4.78, 5) is 8.43. The van der Waals surface area contributed by atoms with Gasteiger partial charge in [0.05, 0.1) is 5.02 Å². The number of hydrogen-bond donors (Lipinski definition) is 1. The minimum atomic E-state index is 0.0598. The zero-order valence-corrected chi connectivity index (χ0v) is 13.5. The summed E-state index contributed by atoms with van der Waals surface area (Å²) >= 11 is 6.09. The summed E-state index contributed by atoms with van der Waals surface area (Å²) in [5, 5.41) is 3.93. The number of aromatic nitrogens is 2. The van der Waals surface area contributed by atoms with Crippen LogP contribution in [0.3, 0.4) is 0 Å². The van der Waals surface area contributed by atoms with E-state index in [1.807, 2.05) is 19.1 Å². The molecule has 1 aromatic carbocycles. The number of ether oxygens (including phenoxy) is 1. The summed E-state index contributed by atoms with van der Waals surface area (Å²) in [6.07, 6.45) is 3.51. The third kappa shape index (κ3) is 4.99. The van der Waals surface area contributed by atoms with Crippen LogP contribution in [-0.4, -0.2) is 15.5 Å². The van der Waals surface area contributed by atoms with Gasteiger partial charge in [0.15, 0.2) is 0 Å². The molecule has 0 atom stereocenters. The van der Waals surface area contributed by atoms with E-state index in [1.165, 1.54) is 0 Å². The maximum absolute atomic E-state index is 6.09. The van der Waals surface area contributed by atoms with Crippen LogP contribution in [0.25, 0.3) is 0 Å². The first kappa shape index (κ1) is 15.7. The summed E-state index contributed by atoms with van der Waals surface area (Å²) in [6, 6.07) is 5.88. The van der Waals surface area contributed by atoms with Gasteiger partial charge in [0.1, 0.15) is 5.75 Å². The molecule has 0 saturated carbocycles. The third-order valence-corrected chi connectivity index (χ3v) is 3.10. The lowest BCUT2D eigenvalue weighted by Crippen LogP contribution is -2.35. The summed E-state index contributed by atoms with van der Waals surface area (Å²) in [7, 11) is 0. The van der Waals surface area contributed by atoms with Crippen molar-refractivity contribution in [2.45, 2.75) is 39.8 Å². The minimum absolute atomic E-state index is 0.0598. The van der Waals surface area contributed by atoms with Crippen molar-refractivity contribution in [2.24, 2.45) is 0 Å². The second-order valence-corrected chi connectivity index (χ2v) is 6.42. The zero-order valence-electron chi connectivity index (χ0n) is 12.8. The number of nitrogens with zero attached hydrogens (tertiary/aromatic N) is 2. The second kappa shape index (κ2) is 6.41. The number of hydrogen-bond acceptors (Lipinski definition) is 4. The number of halogens is 1. The fourth-order valence-electron chi connectivity index (χ4n) is 1.64. The normalized spacial score (nSPS) is 11.5. The van der Waals surface area contributed by atoms with Crippen LogP contribution in [0.4, 0.5) is 0 Å². The number of benzene rings is 1. The van der Waals surface area contributed by atoms with E-state index in [4.69, 9.17) is 16.3 Å². The standard InChI is InChI=1S/C16H20ClN3O/c1-11-5-6-13(17)14(7-11)21-15-18-8-12(9-19-15)10-20-16(2,3)4/h5-9,20H,10H2,1-4H3. The molecule has 4 nitrogen and oxygen atoms in total. The summed E-state index contributed by atoms with van der Waals surface area (Å²) in [5.41, 5.74) is 2.14. The highest BCUT2D eigenvalue weighted by Crippen LogP contribution is 2.28. The Hall–Kier alpha value is -1.65. The van der Waals surface area contributed by atoms with E-state index in [0.717, 1.165) is 17.7 Å². The van der Waals surface area contributed by atoms with Gasteiger partial charge in [0.25, 0.3) is 0 Å². The van der Waals surface area contributed by atoms with Crippen LogP contribution in [-0.2, 0) is 6.54 Å². The lowest BCUT2D eigenvalue weighted by atomic mass is 10.1. The van der Waals surface area contributed by atoms with E-state index >= 15 is 0 Å². The quantitative estimate of drug-likeness (QED) is 0.923. The molecule has 21 heavy (non-hydrogen) atoms. The number of rotatable bonds is 4. The molecule has 5 heteroatoms. The SMILES string of the molecule is Cc1ccc(Cl)c(Oc2ncc(CNC(C)(C)C)cn2)c1. The van der Waals surface area contributed by atoms with Gasteiger partial charge in [0, 0.05) is 30.0 Å². The molecule has 2 rings (SSSR count). The van der Waals surface area contributed by atoms with Crippen LogP contribution < -0.4 is 10.1 Å². The van der Waals surface area contributed by atoms with Gasteiger partial charge in [-0.15, -0.1) is 0 Å². The minimum Gasteiger partial charge on any atom is -0.423 e. The zero-order chi connectivity index (χ0) is 15.5. The Kier molecular flexibility index (Phi) is 4.80. The maximum Gasteiger partial charge on any atom is 0.321 e.